The van der Waals surface area contributed by atoms with Crippen molar-refractivity contribution in [2.45, 2.75) is 13.3 Å². The second-order valence-corrected chi connectivity index (χ2v) is 7.27. The number of ether oxygens (including phenoxy) is 1. The second kappa shape index (κ2) is 10.6. The third-order valence-corrected chi connectivity index (χ3v) is 5.23. The van der Waals surface area contributed by atoms with E-state index in [1.165, 1.54) is 11.1 Å². The van der Waals surface area contributed by atoms with Crippen LogP contribution >= 0.6 is 0 Å². The standard InChI is InChI=1S/C24H29N3O3/c1-3-26(17-23(28)25-21-10-7-11-22(16-21)30-2)18-24(29)27-14-12-20(13-15-27)19-8-5-4-6-9-19/h4-12,16H,3,13-15,17-18H2,1-2H3,(H,25,28). The number of benzene rings is 2. The van der Waals surface area contributed by atoms with E-state index in [0.717, 1.165) is 6.42 Å². The Hall–Kier alpha value is -3.12. The fourth-order valence-corrected chi connectivity index (χ4v) is 3.49. The summed E-state index contributed by atoms with van der Waals surface area (Å²) >= 11 is 0. The maximum Gasteiger partial charge on any atom is 0.238 e. The molecule has 1 aliphatic rings. The van der Waals surface area contributed by atoms with Gasteiger partial charge in [-0.3, -0.25) is 14.5 Å². The number of rotatable bonds is 8. The fraction of sp³-hybridized carbons (Fsp3) is 0.333. The number of methoxy groups -OCH3 is 1. The topological polar surface area (TPSA) is 61.9 Å². The van der Waals surface area contributed by atoms with Crippen LogP contribution < -0.4 is 10.1 Å². The fourth-order valence-electron chi connectivity index (χ4n) is 3.49. The molecular weight excluding hydrogens is 378 g/mol. The molecule has 2 amide bonds. The number of anilines is 1. The highest BCUT2D eigenvalue weighted by molar-refractivity contribution is 5.92. The maximum absolute atomic E-state index is 12.7. The molecule has 6 nitrogen and oxygen atoms in total. The van der Waals surface area contributed by atoms with Crippen LogP contribution in [-0.4, -0.2) is 61.4 Å². The van der Waals surface area contributed by atoms with E-state index in [4.69, 9.17) is 4.74 Å². The van der Waals surface area contributed by atoms with Crippen LogP contribution in [-0.2, 0) is 9.59 Å². The Bertz CT molecular complexity index is 896. The van der Waals surface area contributed by atoms with Gasteiger partial charge in [0, 0.05) is 24.8 Å². The van der Waals surface area contributed by atoms with Crippen LogP contribution in [0.5, 0.6) is 5.75 Å². The Morgan fingerprint density at radius 1 is 1.10 bits per heavy atom. The third kappa shape index (κ3) is 5.94. The quantitative estimate of drug-likeness (QED) is 0.730. The van der Waals surface area contributed by atoms with E-state index >= 15 is 0 Å². The highest BCUT2D eigenvalue weighted by Gasteiger charge is 2.21. The molecule has 0 fully saturated rings. The van der Waals surface area contributed by atoms with Crippen molar-refractivity contribution in [1.82, 2.24) is 9.80 Å². The average Bonchev–Trinajstić information content (AvgIpc) is 2.79. The first-order valence-electron chi connectivity index (χ1n) is 10.3. The van der Waals surface area contributed by atoms with Gasteiger partial charge in [0.2, 0.25) is 11.8 Å². The lowest BCUT2D eigenvalue weighted by atomic mass is 9.99. The lowest BCUT2D eigenvalue weighted by Crippen LogP contribution is -2.44. The zero-order valence-electron chi connectivity index (χ0n) is 17.6. The van der Waals surface area contributed by atoms with Gasteiger partial charge < -0.3 is 15.0 Å². The van der Waals surface area contributed by atoms with Crippen LogP contribution in [0.3, 0.4) is 0 Å². The van der Waals surface area contributed by atoms with Gasteiger partial charge in [-0.15, -0.1) is 0 Å². The molecule has 2 aromatic carbocycles. The SMILES string of the molecule is CCN(CC(=O)Nc1cccc(OC)c1)CC(=O)N1CC=C(c2ccccc2)CC1. The lowest BCUT2D eigenvalue weighted by molar-refractivity contribution is -0.132. The number of amides is 2. The van der Waals surface area contributed by atoms with E-state index < -0.39 is 0 Å². The second-order valence-electron chi connectivity index (χ2n) is 7.27. The van der Waals surface area contributed by atoms with Gasteiger partial charge >= 0.3 is 0 Å². The van der Waals surface area contributed by atoms with Gasteiger partial charge in [0.25, 0.3) is 0 Å². The summed E-state index contributed by atoms with van der Waals surface area (Å²) in [4.78, 5) is 28.9. The molecule has 0 saturated heterocycles. The molecule has 0 spiro atoms. The minimum absolute atomic E-state index is 0.0504. The van der Waals surface area contributed by atoms with Crippen molar-refractivity contribution in [3.8, 4) is 5.75 Å². The van der Waals surface area contributed by atoms with Crippen LogP contribution in [0.25, 0.3) is 5.57 Å². The predicted octanol–water partition coefficient (Wildman–Crippen LogP) is 3.27. The highest BCUT2D eigenvalue weighted by atomic mass is 16.5. The van der Waals surface area contributed by atoms with Gasteiger partial charge in [-0.1, -0.05) is 49.4 Å². The Morgan fingerprint density at radius 2 is 1.90 bits per heavy atom. The monoisotopic (exact) mass is 407 g/mol. The smallest absolute Gasteiger partial charge is 0.238 e. The van der Waals surface area contributed by atoms with Crippen LogP contribution in [0.4, 0.5) is 5.69 Å². The van der Waals surface area contributed by atoms with Gasteiger partial charge in [0.1, 0.15) is 5.75 Å². The molecule has 1 N–H and O–H groups in total. The van der Waals surface area contributed by atoms with E-state index in [2.05, 4.69) is 23.5 Å². The molecule has 158 valence electrons. The summed E-state index contributed by atoms with van der Waals surface area (Å²) in [6.07, 6.45) is 2.97. The summed E-state index contributed by atoms with van der Waals surface area (Å²) in [5, 5.41) is 2.86. The molecular formula is C24H29N3O3. The van der Waals surface area contributed by atoms with Gasteiger partial charge in [0.05, 0.1) is 20.2 Å². The summed E-state index contributed by atoms with van der Waals surface area (Å²) in [6, 6.07) is 17.5. The van der Waals surface area contributed by atoms with Gasteiger partial charge in [0.15, 0.2) is 0 Å². The van der Waals surface area contributed by atoms with Crippen molar-refractivity contribution < 1.29 is 14.3 Å². The van der Waals surface area contributed by atoms with Crippen molar-refractivity contribution in [3.05, 3.63) is 66.2 Å². The molecule has 0 atom stereocenters. The molecule has 3 rings (SSSR count). The third-order valence-electron chi connectivity index (χ3n) is 5.23. The van der Waals surface area contributed by atoms with E-state index in [1.807, 2.05) is 53.1 Å². The number of likely N-dealkylation sites (N-methyl/N-ethyl adjacent to an activating group) is 1. The molecule has 1 aliphatic heterocycles. The largest absolute Gasteiger partial charge is 0.497 e. The van der Waals surface area contributed by atoms with E-state index in [1.54, 1.807) is 13.2 Å². The van der Waals surface area contributed by atoms with Crippen molar-refractivity contribution >= 4 is 23.1 Å². The molecule has 0 aliphatic carbocycles. The summed E-state index contributed by atoms with van der Waals surface area (Å²) in [5.74, 6) is 0.584. The first-order chi connectivity index (χ1) is 14.6. The average molecular weight is 408 g/mol. The molecule has 2 aromatic rings. The normalized spacial score (nSPS) is 13.7. The minimum Gasteiger partial charge on any atom is -0.497 e. The number of carbonyl (C=O) groups excluding carboxylic acids is 2. The Morgan fingerprint density at radius 3 is 2.57 bits per heavy atom. The lowest BCUT2D eigenvalue weighted by Gasteiger charge is -2.29. The molecule has 0 saturated carbocycles. The number of hydrogen-bond donors (Lipinski definition) is 1. The number of hydrogen-bond acceptors (Lipinski definition) is 4. The molecule has 6 heteroatoms. The van der Waals surface area contributed by atoms with E-state index in [-0.39, 0.29) is 24.9 Å². The number of nitrogens with one attached hydrogen (secondary N) is 1. The van der Waals surface area contributed by atoms with Gasteiger partial charge in [-0.05, 0) is 36.2 Å². The van der Waals surface area contributed by atoms with Crippen molar-refractivity contribution in [2.24, 2.45) is 0 Å². The van der Waals surface area contributed by atoms with E-state index in [0.29, 0.717) is 31.1 Å². The van der Waals surface area contributed by atoms with Gasteiger partial charge in [-0.2, -0.15) is 0 Å². The molecule has 0 aromatic heterocycles. The molecule has 0 radical (unpaired) electrons. The summed E-state index contributed by atoms with van der Waals surface area (Å²) < 4.78 is 5.18. The summed E-state index contributed by atoms with van der Waals surface area (Å²) in [5.41, 5.74) is 3.18. The Kier molecular flexibility index (Phi) is 7.63. The van der Waals surface area contributed by atoms with Crippen LogP contribution in [0.1, 0.15) is 18.9 Å². The van der Waals surface area contributed by atoms with E-state index in [9.17, 15) is 9.59 Å². The first kappa shape index (κ1) is 21.6. The highest BCUT2D eigenvalue weighted by Crippen LogP contribution is 2.22. The van der Waals surface area contributed by atoms with Crippen molar-refractivity contribution in [3.63, 3.8) is 0 Å². The molecule has 1 heterocycles. The molecule has 0 bridgehead atoms. The Balaban J connectivity index is 1.51. The first-order valence-corrected chi connectivity index (χ1v) is 10.3. The predicted molar refractivity (Wildman–Crippen MR) is 119 cm³/mol. The summed E-state index contributed by atoms with van der Waals surface area (Å²) in [6.45, 7) is 4.28. The van der Waals surface area contributed by atoms with Gasteiger partial charge in [-0.25, -0.2) is 0 Å². The maximum atomic E-state index is 12.7. The van der Waals surface area contributed by atoms with Crippen LogP contribution in [0.15, 0.2) is 60.7 Å². The van der Waals surface area contributed by atoms with Crippen LogP contribution in [0.2, 0.25) is 0 Å². The molecule has 30 heavy (non-hydrogen) atoms. The zero-order valence-corrected chi connectivity index (χ0v) is 17.6. The molecule has 0 unspecified atom stereocenters. The Labute approximate surface area is 178 Å². The zero-order chi connectivity index (χ0) is 21.3. The minimum atomic E-state index is -0.150. The van der Waals surface area contributed by atoms with Crippen molar-refractivity contribution in [2.75, 3.05) is 45.2 Å². The summed E-state index contributed by atoms with van der Waals surface area (Å²) in [7, 11) is 1.59. The number of carbonyl (C=O) groups is 2. The number of nitrogens with zero attached hydrogens (tertiary/aromatic N) is 2. The van der Waals surface area contributed by atoms with Crippen molar-refractivity contribution in [1.29, 1.82) is 0 Å². The van der Waals surface area contributed by atoms with Crippen LogP contribution in [0, 0.1) is 0 Å².